The van der Waals surface area contributed by atoms with Crippen LogP contribution in [0.3, 0.4) is 0 Å². The van der Waals surface area contributed by atoms with Crippen LogP contribution in [0.25, 0.3) is 10.2 Å². The van der Waals surface area contributed by atoms with Crippen molar-refractivity contribution in [1.29, 1.82) is 0 Å². The van der Waals surface area contributed by atoms with E-state index in [2.05, 4.69) is 4.98 Å². The maximum absolute atomic E-state index is 14.4. The Kier molecular flexibility index (Phi) is 4.42. The molecule has 0 saturated heterocycles. The molecule has 28 heavy (non-hydrogen) atoms. The molecule has 3 aromatic rings. The van der Waals surface area contributed by atoms with Crippen molar-refractivity contribution in [3.05, 3.63) is 52.8 Å². The molecule has 2 heterocycles. The Morgan fingerprint density at radius 2 is 2.04 bits per heavy atom. The largest absolute Gasteiger partial charge is 0.481 e. The van der Waals surface area contributed by atoms with Crippen LogP contribution in [0.15, 0.2) is 30.3 Å². The van der Waals surface area contributed by atoms with E-state index >= 15 is 0 Å². The fourth-order valence-corrected chi connectivity index (χ4v) is 3.99. The molecule has 0 aliphatic carbocycles. The van der Waals surface area contributed by atoms with Crippen molar-refractivity contribution in [2.45, 2.75) is 19.1 Å². The van der Waals surface area contributed by atoms with Gasteiger partial charge in [-0.1, -0.05) is 6.07 Å². The highest BCUT2D eigenvalue weighted by molar-refractivity contribution is 7.18. The SMILES string of the molecule is O=C(O)CC1Oc2cccc(F)c2N(Cc2nc3c(F)cc(F)cc3s2)C1=O. The van der Waals surface area contributed by atoms with Gasteiger partial charge < -0.3 is 9.84 Å². The smallest absolute Gasteiger partial charge is 0.307 e. The van der Waals surface area contributed by atoms with Crippen molar-refractivity contribution >= 4 is 39.1 Å². The van der Waals surface area contributed by atoms with Gasteiger partial charge in [0.1, 0.15) is 27.8 Å². The predicted octanol–water partition coefficient (Wildman–Crippen LogP) is 3.48. The molecule has 1 unspecified atom stereocenters. The van der Waals surface area contributed by atoms with Gasteiger partial charge in [-0.05, 0) is 18.2 Å². The van der Waals surface area contributed by atoms with Gasteiger partial charge in [0.15, 0.2) is 17.7 Å². The number of benzene rings is 2. The van der Waals surface area contributed by atoms with Crippen LogP contribution in [0.5, 0.6) is 5.75 Å². The number of carboxylic acid groups (broad SMARTS) is 1. The van der Waals surface area contributed by atoms with E-state index < -0.39 is 41.9 Å². The number of hydrogen-bond acceptors (Lipinski definition) is 5. The Bertz CT molecular complexity index is 1120. The quantitative estimate of drug-likeness (QED) is 0.715. The maximum Gasteiger partial charge on any atom is 0.307 e. The molecule has 6 nitrogen and oxygen atoms in total. The molecule has 2 aromatic carbocycles. The molecule has 0 radical (unpaired) electrons. The number of hydrogen-bond donors (Lipinski definition) is 1. The van der Waals surface area contributed by atoms with Crippen molar-refractivity contribution in [2.75, 3.05) is 4.90 Å². The number of halogens is 3. The second-order valence-electron chi connectivity index (χ2n) is 6.06. The fourth-order valence-electron chi connectivity index (χ4n) is 2.99. The molecule has 1 aliphatic heterocycles. The predicted molar refractivity (Wildman–Crippen MR) is 93.8 cm³/mol. The Morgan fingerprint density at radius 1 is 1.25 bits per heavy atom. The minimum absolute atomic E-state index is 0.0178. The van der Waals surface area contributed by atoms with Crippen LogP contribution in [-0.4, -0.2) is 28.1 Å². The lowest BCUT2D eigenvalue weighted by Crippen LogP contribution is -2.46. The van der Waals surface area contributed by atoms with Gasteiger partial charge in [-0.2, -0.15) is 0 Å². The van der Waals surface area contributed by atoms with Gasteiger partial charge in [-0.25, -0.2) is 18.2 Å². The Balaban J connectivity index is 1.76. The zero-order valence-electron chi connectivity index (χ0n) is 14.0. The Labute approximate surface area is 159 Å². The van der Waals surface area contributed by atoms with Gasteiger partial charge in [0, 0.05) is 6.07 Å². The number of carbonyl (C=O) groups excluding carboxylic acids is 1. The second kappa shape index (κ2) is 6.79. The first-order chi connectivity index (χ1) is 13.3. The first-order valence-electron chi connectivity index (χ1n) is 8.06. The first kappa shape index (κ1) is 18.2. The number of thiazole rings is 1. The third kappa shape index (κ3) is 3.15. The number of rotatable bonds is 4. The van der Waals surface area contributed by atoms with Gasteiger partial charge in [0.2, 0.25) is 0 Å². The number of aliphatic carboxylic acids is 1. The highest BCUT2D eigenvalue weighted by Crippen LogP contribution is 2.38. The Hall–Kier alpha value is -3.14. The average Bonchev–Trinajstić information content (AvgIpc) is 3.01. The molecule has 10 heteroatoms. The van der Waals surface area contributed by atoms with Gasteiger partial charge in [-0.15, -0.1) is 11.3 Å². The lowest BCUT2D eigenvalue weighted by Gasteiger charge is -2.33. The standard InChI is InChI=1S/C18H11F3N2O4S/c19-8-4-10(21)16-13(5-8)28-14(22-16)7-23-17-9(20)2-1-3-11(17)27-12(18(23)26)6-15(24)25/h1-5,12H,6-7H2,(H,24,25). The van der Waals surface area contributed by atoms with Crippen LogP contribution in [-0.2, 0) is 16.1 Å². The summed E-state index contributed by atoms with van der Waals surface area (Å²) < 4.78 is 47.3. The van der Waals surface area contributed by atoms with E-state index in [0.717, 1.165) is 28.4 Å². The second-order valence-corrected chi connectivity index (χ2v) is 7.17. The number of fused-ring (bicyclic) bond motifs is 2. The summed E-state index contributed by atoms with van der Waals surface area (Å²) in [4.78, 5) is 28.9. The summed E-state index contributed by atoms with van der Waals surface area (Å²) in [5, 5.41) is 9.24. The molecule has 1 aliphatic rings. The molecule has 0 spiro atoms. The van der Waals surface area contributed by atoms with Gasteiger partial charge >= 0.3 is 5.97 Å². The minimum atomic E-state index is -1.34. The van der Waals surface area contributed by atoms with E-state index in [1.165, 1.54) is 12.1 Å². The lowest BCUT2D eigenvalue weighted by atomic mass is 10.1. The summed E-state index contributed by atoms with van der Waals surface area (Å²) in [5.74, 6) is -4.34. The fraction of sp³-hybridized carbons (Fsp3) is 0.167. The number of amides is 1. The minimum Gasteiger partial charge on any atom is -0.481 e. The van der Waals surface area contributed by atoms with E-state index in [1.54, 1.807) is 0 Å². The summed E-state index contributed by atoms with van der Waals surface area (Å²) in [6, 6.07) is 5.73. The van der Waals surface area contributed by atoms with Crippen LogP contribution in [0.2, 0.25) is 0 Å². The zero-order chi connectivity index (χ0) is 20.0. The van der Waals surface area contributed by atoms with Crippen LogP contribution in [0.1, 0.15) is 11.4 Å². The highest BCUT2D eigenvalue weighted by Gasteiger charge is 2.38. The number of carbonyl (C=O) groups is 2. The van der Waals surface area contributed by atoms with Gasteiger partial charge in [-0.3, -0.25) is 14.5 Å². The van der Waals surface area contributed by atoms with Crippen LogP contribution >= 0.6 is 11.3 Å². The molecule has 1 atom stereocenters. The van der Waals surface area contributed by atoms with E-state index in [-0.39, 0.29) is 33.2 Å². The topological polar surface area (TPSA) is 79.7 Å². The number of ether oxygens (including phenoxy) is 1. The zero-order valence-corrected chi connectivity index (χ0v) is 14.8. The van der Waals surface area contributed by atoms with Gasteiger partial charge in [0.25, 0.3) is 5.91 Å². The first-order valence-corrected chi connectivity index (χ1v) is 8.88. The van der Waals surface area contributed by atoms with Crippen molar-refractivity contribution in [3.63, 3.8) is 0 Å². The number of nitrogens with zero attached hydrogens (tertiary/aromatic N) is 2. The van der Waals surface area contributed by atoms with E-state index in [0.29, 0.717) is 6.07 Å². The van der Waals surface area contributed by atoms with E-state index in [4.69, 9.17) is 9.84 Å². The number of aromatic nitrogens is 1. The summed E-state index contributed by atoms with van der Waals surface area (Å²) in [7, 11) is 0. The number of anilines is 1. The molecule has 0 saturated carbocycles. The molecule has 1 aromatic heterocycles. The van der Waals surface area contributed by atoms with Crippen molar-refractivity contribution in [1.82, 2.24) is 4.98 Å². The molecular formula is C18H11F3N2O4S. The summed E-state index contributed by atoms with van der Waals surface area (Å²) in [5.41, 5.74) is -0.210. The van der Waals surface area contributed by atoms with Crippen LogP contribution in [0, 0.1) is 17.5 Å². The maximum atomic E-state index is 14.4. The molecule has 0 bridgehead atoms. The lowest BCUT2D eigenvalue weighted by molar-refractivity contribution is -0.142. The van der Waals surface area contributed by atoms with E-state index in [9.17, 15) is 22.8 Å². The van der Waals surface area contributed by atoms with Crippen molar-refractivity contribution in [2.24, 2.45) is 0 Å². The normalized spacial score (nSPS) is 16.2. The third-order valence-corrected chi connectivity index (χ3v) is 5.13. The van der Waals surface area contributed by atoms with Crippen molar-refractivity contribution in [3.8, 4) is 5.75 Å². The molecular weight excluding hydrogens is 397 g/mol. The number of carboxylic acids is 1. The van der Waals surface area contributed by atoms with Gasteiger partial charge in [0.05, 0.1) is 17.7 Å². The van der Waals surface area contributed by atoms with Crippen LogP contribution < -0.4 is 9.64 Å². The average molecular weight is 408 g/mol. The van der Waals surface area contributed by atoms with Crippen LogP contribution in [0.4, 0.5) is 18.9 Å². The molecule has 4 rings (SSSR count). The molecule has 1 N–H and O–H groups in total. The van der Waals surface area contributed by atoms with Crippen molar-refractivity contribution < 1.29 is 32.6 Å². The monoisotopic (exact) mass is 408 g/mol. The molecule has 144 valence electrons. The Morgan fingerprint density at radius 3 is 2.79 bits per heavy atom. The number of para-hydroxylation sites is 1. The summed E-state index contributed by atoms with van der Waals surface area (Å²) in [6.07, 6.45) is -1.94. The van der Waals surface area contributed by atoms with E-state index in [1.807, 2.05) is 0 Å². The third-order valence-electron chi connectivity index (χ3n) is 4.14. The summed E-state index contributed by atoms with van der Waals surface area (Å²) >= 11 is 0.952. The molecule has 0 fully saturated rings. The highest BCUT2D eigenvalue weighted by atomic mass is 32.1. The molecule has 1 amide bonds. The summed E-state index contributed by atoms with van der Waals surface area (Å²) in [6.45, 7) is -0.243.